The average molecular weight is 180 g/mol. The van der Waals surface area contributed by atoms with Crippen molar-refractivity contribution in [3.8, 4) is 0 Å². The van der Waals surface area contributed by atoms with Gasteiger partial charge in [-0.25, -0.2) is 4.99 Å². The largest absolute Gasteiger partial charge is 0.300 e. The highest BCUT2D eigenvalue weighted by Crippen LogP contribution is 1.99. The molecule has 0 saturated heterocycles. The molecule has 13 heavy (non-hydrogen) atoms. The maximum Gasteiger partial charge on any atom is 0.277 e. The van der Waals surface area contributed by atoms with Crippen LogP contribution in [0.4, 0.5) is 0 Å². The maximum absolute atomic E-state index is 11.4. The molecule has 0 aliphatic carbocycles. The van der Waals surface area contributed by atoms with Crippen LogP contribution in [-0.2, 0) is 7.05 Å². The van der Waals surface area contributed by atoms with E-state index in [4.69, 9.17) is 5.41 Å². The Labute approximate surface area is 75.6 Å². The molecule has 0 aliphatic rings. The Balaban J connectivity index is 3.29. The molecule has 0 radical (unpaired) electrons. The van der Waals surface area contributed by atoms with E-state index in [0.29, 0.717) is 11.3 Å². The fourth-order valence-corrected chi connectivity index (χ4v) is 1.16. The van der Waals surface area contributed by atoms with Crippen molar-refractivity contribution in [3.63, 3.8) is 0 Å². The highest BCUT2D eigenvalue weighted by molar-refractivity contribution is 6.01. The number of rotatable bonds is 1. The van der Waals surface area contributed by atoms with Gasteiger partial charge in [-0.15, -0.1) is 0 Å². The van der Waals surface area contributed by atoms with Gasteiger partial charge in [-0.05, 0) is 13.8 Å². The molecule has 0 unspecified atom stereocenters. The van der Waals surface area contributed by atoms with Gasteiger partial charge in [0.25, 0.3) is 5.56 Å². The monoisotopic (exact) mass is 180 g/mol. The van der Waals surface area contributed by atoms with E-state index in [2.05, 4.69) is 10.1 Å². The van der Waals surface area contributed by atoms with Crippen molar-refractivity contribution in [1.29, 1.82) is 5.41 Å². The van der Waals surface area contributed by atoms with Gasteiger partial charge in [-0.3, -0.25) is 20.0 Å². The quantitative estimate of drug-likeness (QED) is 0.477. The normalized spacial score (nSPS) is 11.0. The zero-order valence-corrected chi connectivity index (χ0v) is 7.88. The number of aryl methyl sites for hydroxylation is 2. The minimum atomic E-state index is -0.215. The van der Waals surface area contributed by atoms with Gasteiger partial charge >= 0.3 is 0 Å². The van der Waals surface area contributed by atoms with Crippen LogP contribution < -0.4 is 5.56 Å². The van der Waals surface area contributed by atoms with Crippen molar-refractivity contribution in [2.24, 2.45) is 12.0 Å². The van der Waals surface area contributed by atoms with Crippen molar-refractivity contribution >= 4 is 12.1 Å². The molecule has 1 heterocycles. The molecule has 0 spiro atoms. The Morgan fingerprint density at radius 2 is 2.31 bits per heavy atom. The Morgan fingerprint density at radius 1 is 1.69 bits per heavy atom. The summed E-state index contributed by atoms with van der Waals surface area (Å²) in [6.07, 6.45) is 1.49. The number of aromatic nitrogens is 2. The molecule has 5 heteroatoms. The van der Waals surface area contributed by atoms with E-state index < -0.39 is 0 Å². The van der Waals surface area contributed by atoms with E-state index in [1.807, 2.05) is 0 Å². The van der Waals surface area contributed by atoms with E-state index in [1.165, 1.54) is 10.9 Å². The summed E-state index contributed by atoms with van der Waals surface area (Å²) in [6.45, 7) is 3.46. The summed E-state index contributed by atoms with van der Waals surface area (Å²) in [7, 11) is 1.61. The van der Waals surface area contributed by atoms with Crippen LogP contribution in [0.5, 0.6) is 0 Å². The molecule has 5 nitrogen and oxygen atoms in total. The van der Waals surface area contributed by atoms with Gasteiger partial charge in [-0.2, -0.15) is 0 Å². The Bertz CT molecular complexity index is 410. The summed E-state index contributed by atoms with van der Waals surface area (Å²) >= 11 is 0. The minimum absolute atomic E-state index is 0.00171. The van der Waals surface area contributed by atoms with Crippen LogP contribution in [0.15, 0.2) is 9.79 Å². The van der Waals surface area contributed by atoms with Crippen LogP contribution in [0.1, 0.15) is 18.2 Å². The highest BCUT2D eigenvalue weighted by atomic mass is 16.1. The van der Waals surface area contributed by atoms with Gasteiger partial charge < -0.3 is 0 Å². The van der Waals surface area contributed by atoms with E-state index >= 15 is 0 Å². The van der Waals surface area contributed by atoms with Gasteiger partial charge in [0.1, 0.15) is 5.56 Å². The van der Waals surface area contributed by atoms with Crippen LogP contribution in [0.2, 0.25) is 0 Å². The van der Waals surface area contributed by atoms with Crippen molar-refractivity contribution in [1.82, 2.24) is 9.78 Å². The third kappa shape index (κ3) is 1.58. The first-order chi connectivity index (χ1) is 6.07. The number of hydrogen-bond acceptors (Lipinski definition) is 2. The fraction of sp³-hybridized carbons (Fsp3) is 0.375. The Kier molecular flexibility index (Phi) is 2.46. The van der Waals surface area contributed by atoms with Crippen LogP contribution in [0, 0.1) is 12.3 Å². The molecule has 0 bridgehead atoms. The Morgan fingerprint density at radius 3 is 2.69 bits per heavy atom. The lowest BCUT2D eigenvalue weighted by molar-refractivity contribution is 0.731. The smallest absolute Gasteiger partial charge is 0.277 e. The molecule has 1 rings (SSSR count). The summed E-state index contributed by atoms with van der Waals surface area (Å²) in [5.41, 5.74) is 0.789. The molecule has 0 amide bonds. The summed E-state index contributed by atoms with van der Waals surface area (Å²) in [6, 6.07) is 0. The standard InChI is InChI=1S/C8H12N4O/c1-4-10-7(9)6-5(2)11-12(3)8(6)13/h4,9,11H,1-3H3. The highest BCUT2D eigenvalue weighted by Gasteiger charge is 2.12. The first-order valence-electron chi connectivity index (χ1n) is 3.91. The number of aromatic amines is 1. The number of hydrogen-bond donors (Lipinski definition) is 2. The number of amidine groups is 1. The fourth-order valence-electron chi connectivity index (χ4n) is 1.16. The second-order valence-electron chi connectivity index (χ2n) is 2.71. The van der Waals surface area contributed by atoms with E-state index in [9.17, 15) is 4.79 Å². The molecule has 1 aromatic rings. The van der Waals surface area contributed by atoms with Crippen LogP contribution >= 0.6 is 0 Å². The SMILES string of the molecule is CC=NC(=N)c1c(C)[nH]n(C)c1=O. The second-order valence-corrected chi connectivity index (χ2v) is 2.71. The van der Waals surface area contributed by atoms with Gasteiger partial charge in [0.2, 0.25) is 0 Å². The molecule has 70 valence electrons. The number of aliphatic imine (C=N–C) groups is 1. The average Bonchev–Trinajstić information content (AvgIpc) is 2.27. The van der Waals surface area contributed by atoms with Crippen molar-refractivity contribution in [2.75, 3.05) is 0 Å². The molecule has 0 aliphatic heterocycles. The molecule has 0 saturated carbocycles. The topological polar surface area (TPSA) is 74.0 Å². The summed E-state index contributed by atoms with van der Waals surface area (Å²) in [5.74, 6) is 0.00171. The van der Waals surface area contributed by atoms with Gasteiger partial charge in [-0.1, -0.05) is 0 Å². The zero-order chi connectivity index (χ0) is 10.0. The maximum atomic E-state index is 11.4. The molecule has 0 atom stereocenters. The molecular weight excluding hydrogens is 168 g/mol. The van der Waals surface area contributed by atoms with E-state index in [1.54, 1.807) is 20.9 Å². The predicted octanol–water partition coefficient (Wildman–Crippen LogP) is 0.438. The first-order valence-corrected chi connectivity index (χ1v) is 3.91. The lowest BCUT2D eigenvalue weighted by Crippen LogP contribution is -2.18. The summed E-state index contributed by atoms with van der Waals surface area (Å²) in [5, 5.41) is 10.3. The van der Waals surface area contributed by atoms with Gasteiger partial charge in [0.05, 0.1) is 0 Å². The predicted molar refractivity (Wildman–Crippen MR) is 51.8 cm³/mol. The summed E-state index contributed by atoms with van der Waals surface area (Å²) < 4.78 is 1.34. The molecule has 0 fully saturated rings. The third-order valence-corrected chi connectivity index (χ3v) is 1.72. The van der Waals surface area contributed by atoms with Crippen LogP contribution in [-0.4, -0.2) is 21.8 Å². The van der Waals surface area contributed by atoms with Gasteiger partial charge in [0, 0.05) is 19.0 Å². The van der Waals surface area contributed by atoms with Crippen molar-refractivity contribution in [3.05, 3.63) is 21.6 Å². The van der Waals surface area contributed by atoms with Crippen molar-refractivity contribution < 1.29 is 0 Å². The molecular formula is C8H12N4O. The van der Waals surface area contributed by atoms with Crippen LogP contribution in [0.25, 0.3) is 0 Å². The van der Waals surface area contributed by atoms with E-state index in [-0.39, 0.29) is 11.4 Å². The molecule has 1 aromatic heterocycles. The minimum Gasteiger partial charge on any atom is -0.300 e. The second kappa shape index (κ2) is 3.38. The lowest BCUT2D eigenvalue weighted by atomic mass is 10.2. The zero-order valence-electron chi connectivity index (χ0n) is 7.88. The van der Waals surface area contributed by atoms with E-state index in [0.717, 1.165) is 0 Å². The van der Waals surface area contributed by atoms with Crippen LogP contribution in [0.3, 0.4) is 0 Å². The summed E-state index contributed by atoms with van der Waals surface area (Å²) in [4.78, 5) is 15.2. The van der Waals surface area contributed by atoms with Gasteiger partial charge in [0.15, 0.2) is 5.84 Å². The van der Waals surface area contributed by atoms with Crippen molar-refractivity contribution in [2.45, 2.75) is 13.8 Å². The Hall–Kier alpha value is -1.65. The first kappa shape index (κ1) is 9.44. The third-order valence-electron chi connectivity index (χ3n) is 1.72. The molecule has 0 aromatic carbocycles. The molecule has 2 N–H and O–H groups in total. The number of nitrogens with one attached hydrogen (secondary N) is 2. The number of H-pyrrole nitrogens is 1. The lowest BCUT2D eigenvalue weighted by Gasteiger charge is -1.91. The number of nitrogens with zero attached hydrogens (tertiary/aromatic N) is 2.